The molecular weight excluding hydrogens is 368 g/mol. The number of carbonyl (C=O) groups excluding carboxylic acids is 2. The second-order valence-electron chi connectivity index (χ2n) is 6.70. The third-order valence-corrected chi connectivity index (χ3v) is 4.71. The molecule has 3 N–H and O–H groups in total. The number of nitrogens with zero attached hydrogens (tertiary/aromatic N) is 1. The van der Waals surface area contributed by atoms with E-state index in [0.717, 1.165) is 12.1 Å². The van der Waals surface area contributed by atoms with Crippen LogP contribution in [0.4, 0.5) is 20.2 Å². The number of amides is 2. The van der Waals surface area contributed by atoms with Gasteiger partial charge in [0.1, 0.15) is 23.1 Å². The monoisotopic (exact) mass is 389 g/mol. The number of phenolic OH excluding ortho intramolecular Hbond substituents is 1. The molecule has 2 amide bonds. The van der Waals surface area contributed by atoms with Gasteiger partial charge in [-0.05, 0) is 50.2 Å². The van der Waals surface area contributed by atoms with Gasteiger partial charge in [0, 0.05) is 5.92 Å². The van der Waals surface area contributed by atoms with Gasteiger partial charge in [-0.3, -0.25) is 14.5 Å². The van der Waals surface area contributed by atoms with Gasteiger partial charge in [-0.2, -0.15) is 0 Å². The van der Waals surface area contributed by atoms with Gasteiger partial charge in [-0.15, -0.1) is 0 Å². The van der Waals surface area contributed by atoms with Gasteiger partial charge >= 0.3 is 0 Å². The molecule has 2 aromatic carbocycles. The highest BCUT2D eigenvalue weighted by Gasteiger charge is 2.26. The molecule has 0 aliphatic carbocycles. The molecule has 0 spiro atoms. The third-order valence-electron chi connectivity index (χ3n) is 4.71. The number of phenols is 1. The molecule has 8 heteroatoms. The number of likely N-dealkylation sites (tertiary alicyclic amines) is 1. The van der Waals surface area contributed by atoms with Crippen LogP contribution in [0.5, 0.6) is 5.75 Å². The van der Waals surface area contributed by atoms with Crippen molar-refractivity contribution in [3.8, 4) is 5.75 Å². The predicted molar refractivity (Wildman–Crippen MR) is 101 cm³/mol. The van der Waals surface area contributed by atoms with Crippen LogP contribution in [0.15, 0.2) is 42.5 Å². The van der Waals surface area contributed by atoms with Crippen molar-refractivity contribution in [3.63, 3.8) is 0 Å². The predicted octanol–water partition coefficient (Wildman–Crippen LogP) is 2.96. The first-order valence-electron chi connectivity index (χ1n) is 8.99. The second kappa shape index (κ2) is 8.79. The number of halogens is 2. The summed E-state index contributed by atoms with van der Waals surface area (Å²) in [5.41, 5.74) is -0.0920. The first-order chi connectivity index (χ1) is 13.4. The smallest absolute Gasteiger partial charge is 0.238 e. The van der Waals surface area contributed by atoms with Crippen molar-refractivity contribution in [1.29, 1.82) is 0 Å². The lowest BCUT2D eigenvalue weighted by Crippen LogP contribution is -2.41. The summed E-state index contributed by atoms with van der Waals surface area (Å²) in [5, 5.41) is 14.7. The fraction of sp³-hybridized carbons (Fsp3) is 0.300. The van der Waals surface area contributed by atoms with Crippen LogP contribution < -0.4 is 10.6 Å². The first kappa shape index (κ1) is 19.8. The Kier molecular flexibility index (Phi) is 6.20. The summed E-state index contributed by atoms with van der Waals surface area (Å²) in [6.07, 6.45) is 1.08. The fourth-order valence-corrected chi connectivity index (χ4v) is 3.17. The lowest BCUT2D eigenvalue weighted by molar-refractivity contribution is -0.121. The number of anilines is 2. The summed E-state index contributed by atoms with van der Waals surface area (Å²) < 4.78 is 27.2. The van der Waals surface area contributed by atoms with Gasteiger partial charge in [0.15, 0.2) is 0 Å². The van der Waals surface area contributed by atoms with Crippen molar-refractivity contribution < 1.29 is 23.5 Å². The van der Waals surface area contributed by atoms with Gasteiger partial charge < -0.3 is 15.7 Å². The Morgan fingerprint density at radius 3 is 2.29 bits per heavy atom. The standard InChI is InChI=1S/C20H21F2N3O3/c21-14-4-3-5-15(22)19(14)24-18(27)12-25-10-8-13(9-11-25)20(28)23-16-6-1-2-7-17(16)26/h1-7,13,26H,8-12H2,(H,23,28)(H,24,27). The van der Waals surface area contributed by atoms with E-state index >= 15 is 0 Å². The molecule has 3 rings (SSSR count). The Morgan fingerprint density at radius 2 is 1.64 bits per heavy atom. The summed E-state index contributed by atoms with van der Waals surface area (Å²) >= 11 is 0. The maximum Gasteiger partial charge on any atom is 0.238 e. The van der Waals surface area contributed by atoms with E-state index in [1.54, 1.807) is 18.2 Å². The van der Waals surface area contributed by atoms with Crippen LogP contribution in [-0.4, -0.2) is 41.5 Å². The van der Waals surface area contributed by atoms with Crippen LogP contribution in [0.1, 0.15) is 12.8 Å². The van der Waals surface area contributed by atoms with Gasteiger partial charge in [0.2, 0.25) is 11.8 Å². The van der Waals surface area contributed by atoms with E-state index in [9.17, 15) is 23.5 Å². The Hall–Kier alpha value is -3.00. The maximum absolute atomic E-state index is 13.6. The Bertz CT molecular complexity index is 847. The summed E-state index contributed by atoms with van der Waals surface area (Å²) in [6.45, 7) is 1.000. The van der Waals surface area contributed by atoms with Crippen LogP contribution in [0, 0.1) is 17.6 Å². The highest BCUT2D eigenvalue weighted by molar-refractivity contribution is 5.94. The van der Waals surface area contributed by atoms with Crippen molar-refractivity contribution in [3.05, 3.63) is 54.1 Å². The molecule has 0 bridgehead atoms. The molecule has 148 valence electrons. The molecule has 0 aromatic heterocycles. The van der Waals surface area contributed by atoms with E-state index in [1.807, 2.05) is 4.90 Å². The number of rotatable bonds is 5. The zero-order chi connectivity index (χ0) is 20.1. The van der Waals surface area contributed by atoms with Crippen molar-refractivity contribution in [2.75, 3.05) is 30.3 Å². The van der Waals surface area contributed by atoms with Gasteiger partial charge in [-0.1, -0.05) is 18.2 Å². The number of benzene rings is 2. The Balaban J connectivity index is 1.48. The largest absolute Gasteiger partial charge is 0.506 e. The molecule has 6 nitrogen and oxygen atoms in total. The molecule has 1 heterocycles. The van der Waals surface area contributed by atoms with E-state index in [1.165, 1.54) is 12.1 Å². The summed E-state index contributed by atoms with van der Waals surface area (Å²) in [6, 6.07) is 9.88. The zero-order valence-corrected chi connectivity index (χ0v) is 15.1. The minimum absolute atomic E-state index is 0.00494. The molecule has 28 heavy (non-hydrogen) atoms. The zero-order valence-electron chi connectivity index (χ0n) is 15.1. The average Bonchev–Trinajstić information content (AvgIpc) is 2.67. The molecule has 0 atom stereocenters. The number of para-hydroxylation sites is 3. The summed E-state index contributed by atoms with van der Waals surface area (Å²) in [5.74, 6) is -2.57. The molecule has 2 aromatic rings. The van der Waals surface area contributed by atoms with Crippen LogP contribution in [0.3, 0.4) is 0 Å². The lowest BCUT2D eigenvalue weighted by atomic mass is 9.95. The molecule has 1 fully saturated rings. The van der Waals surface area contributed by atoms with E-state index in [-0.39, 0.29) is 24.1 Å². The SMILES string of the molecule is O=C(CN1CCC(C(=O)Nc2ccccc2O)CC1)Nc1c(F)cccc1F. The molecular formula is C20H21F2N3O3. The van der Waals surface area contributed by atoms with Gasteiger partial charge in [-0.25, -0.2) is 8.78 Å². The molecule has 1 aliphatic rings. The minimum atomic E-state index is -0.826. The van der Waals surface area contributed by atoms with Crippen LogP contribution in [0.2, 0.25) is 0 Å². The van der Waals surface area contributed by atoms with Crippen molar-refractivity contribution in [2.45, 2.75) is 12.8 Å². The second-order valence-corrected chi connectivity index (χ2v) is 6.70. The Labute approximate surface area is 161 Å². The van der Waals surface area contributed by atoms with Crippen molar-refractivity contribution in [2.24, 2.45) is 5.92 Å². The lowest BCUT2D eigenvalue weighted by Gasteiger charge is -2.30. The molecule has 1 saturated heterocycles. The highest BCUT2D eigenvalue weighted by Crippen LogP contribution is 2.25. The Morgan fingerprint density at radius 1 is 1.00 bits per heavy atom. The summed E-state index contributed by atoms with van der Waals surface area (Å²) in [7, 11) is 0. The molecule has 0 radical (unpaired) electrons. The molecule has 0 unspecified atom stereocenters. The normalized spacial score (nSPS) is 15.2. The summed E-state index contributed by atoms with van der Waals surface area (Å²) in [4.78, 5) is 26.3. The van der Waals surface area contributed by atoms with E-state index in [0.29, 0.717) is 31.6 Å². The number of piperidine rings is 1. The highest BCUT2D eigenvalue weighted by atomic mass is 19.1. The topological polar surface area (TPSA) is 81.7 Å². The van der Waals surface area contributed by atoms with Gasteiger partial charge in [0.25, 0.3) is 0 Å². The first-order valence-corrected chi connectivity index (χ1v) is 8.99. The molecule has 1 aliphatic heterocycles. The number of carbonyl (C=O) groups is 2. The number of aromatic hydroxyl groups is 1. The molecule has 0 saturated carbocycles. The third kappa shape index (κ3) is 4.83. The number of hydrogen-bond donors (Lipinski definition) is 3. The average molecular weight is 389 g/mol. The van der Waals surface area contributed by atoms with Crippen molar-refractivity contribution >= 4 is 23.2 Å². The number of nitrogens with one attached hydrogen (secondary N) is 2. The van der Waals surface area contributed by atoms with E-state index in [2.05, 4.69) is 10.6 Å². The van der Waals surface area contributed by atoms with E-state index in [4.69, 9.17) is 0 Å². The van der Waals surface area contributed by atoms with Crippen LogP contribution >= 0.6 is 0 Å². The van der Waals surface area contributed by atoms with Gasteiger partial charge in [0.05, 0.1) is 12.2 Å². The number of hydrogen-bond acceptors (Lipinski definition) is 4. The van der Waals surface area contributed by atoms with Crippen LogP contribution in [-0.2, 0) is 9.59 Å². The van der Waals surface area contributed by atoms with Crippen molar-refractivity contribution in [1.82, 2.24) is 4.90 Å². The maximum atomic E-state index is 13.6. The van der Waals surface area contributed by atoms with Crippen LogP contribution in [0.25, 0.3) is 0 Å². The minimum Gasteiger partial charge on any atom is -0.506 e. The quantitative estimate of drug-likeness (QED) is 0.687. The van der Waals surface area contributed by atoms with E-state index < -0.39 is 23.2 Å². The fourth-order valence-electron chi connectivity index (χ4n) is 3.17.